The maximum atomic E-state index is 12.7. The van der Waals surface area contributed by atoms with Crippen LogP contribution in [0.15, 0.2) is 17.2 Å². The van der Waals surface area contributed by atoms with Gasteiger partial charge in [-0.3, -0.25) is 19.5 Å². The highest BCUT2D eigenvalue weighted by Gasteiger charge is 2.21. The summed E-state index contributed by atoms with van der Waals surface area (Å²) in [5, 5.41) is 2.81. The predicted molar refractivity (Wildman–Crippen MR) is 91.1 cm³/mol. The summed E-state index contributed by atoms with van der Waals surface area (Å²) in [6, 6.07) is 0.0546. The zero-order valence-electron chi connectivity index (χ0n) is 13.3. The number of rotatable bonds is 2. The van der Waals surface area contributed by atoms with Gasteiger partial charge >= 0.3 is 6.03 Å². The number of hydrogen-bond acceptors (Lipinski definition) is 6. The van der Waals surface area contributed by atoms with Crippen molar-refractivity contribution in [2.45, 2.75) is 26.8 Å². The normalized spacial score (nSPS) is 12.5. The minimum atomic E-state index is -0.967. The standard InChI is InChI=1S/C15H15N5O3S/c1-6-4-7(2)18-13-9(6)10-11(24-13)14(22)20(5-17-10)8(3)12(21)19-15(16)23/h4-5,8H,1-3H3,(H3,16,19,21,23)/t8-/m1/s1. The Balaban J connectivity index is 2.20. The van der Waals surface area contributed by atoms with E-state index in [4.69, 9.17) is 5.73 Å². The highest BCUT2D eigenvalue weighted by molar-refractivity contribution is 7.25. The second-order valence-electron chi connectivity index (χ2n) is 5.53. The number of nitrogens with one attached hydrogen (secondary N) is 1. The summed E-state index contributed by atoms with van der Waals surface area (Å²) in [5.74, 6) is -0.669. The molecule has 3 heterocycles. The fraction of sp³-hybridized carbons (Fsp3) is 0.267. The molecule has 0 aliphatic rings. The van der Waals surface area contributed by atoms with Crippen molar-refractivity contribution in [2.75, 3.05) is 0 Å². The lowest BCUT2D eigenvalue weighted by molar-refractivity contribution is -0.122. The van der Waals surface area contributed by atoms with Gasteiger partial charge in [0.2, 0.25) is 0 Å². The molecule has 0 spiro atoms. The van der Waals surface area contributed by atoms with Gasteiger partial charge in [-0.25, -0.2) is 14.8 Å². The number of carbonyl (C=O) groups excluding carboxylic acids is 2. The lowest BCUT2D eigenvalue weighted by Gasteiger charge is -2.13. The number of imide groups is 1. The van der Waals surface area contributed by atoms with Crippen molar-refractivity contribution in [1.82, 2.24) is 19.9 Å². The summed E-state index contributed by atoms with van der Waals surface area (Å²) in [7, 11) is 0. The highest BCUT2D eigenvalue weighted by Crippen LogP contribution is 2.31. The van der Waals surface area contributed by atoms with Gasteiger partial charge in [-0.15, -0.1) is 11.3 Å². The minimum Gasteiger partial charge on any atom is -0.351 e. The Labute approximate surface area is 140 Å². The molecule has 0 bridgehead atoms. The number of fused-ring (bicyclic) bond motifs is 3. The first kappa shape index (κ1) is 16.1. The second-order valence-corrected chi connectivity index (χ2v) is 6.53. The molecular formula is C15H15N5O3S. The molecule has 24 heavy (non-hydrogen) atoms. The van der Waals surface area contributed by atoms with E-state index in [2.05, 4.69) is 9.97 Å². The van der Waals surface area contributed by atoms with Crippen molar-refractivity contribution in [3.8, 4) is 0 Å². The number of primary amides is 1. The average molecular weight is 345 g/mol. The number of aryl methyl sites for hydroxylation is 2. The molecule has 0 fully saturated rings. The number of thiophene rings is 1. The van der Waals surface area contributed by atoms with Crippen molar-refractivity contribution < 1.29 is 9.59 Å². The molecule has 1 atom stereocenters. The molecular weight excluding hydrogens is 330 g/mol. The van der Waals surface area contributed by atoms with Crippen LogP contribution in [-0.4, -0.2) is 26.5 Å². The van der Waals surface area contributed by atoms with E-state index in [1.54, 1.807) is 0 Å². The molecule has 0 radical (unpaired) electrons. The summed E-state index contributed by atoms with van der Waals surface area (Å²) in [4.78, 5) is 45.0. The molecule has 3 aromatic heterocycles. The Bertz CT molecular complexity index is 1050. The molecule has 9 heteroatoms. The van der Waals surface area contributed by atoms with Gasteiger partial charge in [-0.05, 0) is 32.4 Å². The highest BCUT2D eigenvalue weighted by atomic mass is 32.1. The van der Waals surface area contributed by atoms with E-state index in [-0.39, 0.29) is 5.56 Å². The van der Waals surface area contributed by atoms with E-state index in [1.807, 2.05) is 25.2 Å². The van der Waals surface area contributed by atoms with E-state index in [0.717, 1.165) is 21.5 Å². The number of hydrogen-bond donors (Lipinski definition) is 2. The number of nitrogens with zero attached hydrogens (tertiary/aromatic N) is 3. The topological polar surface area (TPSA) is 120 Å². The number of aromatic nitrogens is 3. The van der Waals surface area contributed by atoms with E-state index in [0.29, 0.717) is 10.2 Å². The van der Waals surface area contributed by atoms with Crippen LogP contribution in [0.25, 0.3) is 20.4 Å². The van der Waals surface area contributed by atoms with Crippen LogP contribution in [0.5, 0.6) is 0 Å². The first-order valence-corrected chi connectivity index (χ1v) is 7.99. The predicted octanol–water partition coefficient (Wildman–Crippen LogP) is 1.38. The Hall–Kier alpha value is -2.81. The molecule has 0 unspecified atom stereocenters. The summed E-state index contributed by atoms with van der Waals surface area (Å²) in [5.41, 5.74) is 7.01. The third-order valence-corrected chi connectivity index (χ3v) is 4.81. The van der Waals surface area contributed by atoms with Crippen LogP contribution in [0.4, 0.5) is 4.79 Å². The van der Waals surface area contributed by atoms with Crippen molar-refractivity contribution in [2.24, 2.45) is 5.73 Å². The first-order valence-electron chi connectivity index (χ1n) is 7.17. The molecule has 3 rings (SSSR count). The third-order valence-electron chi connectivity index (χ3n) is 3.75. The minimum absolute atomic E-state index is 0.354. The summed E-state index contributed by atoms with van der Waals surface area (Å²) >= 11 is 1.24. The van der Waals surface area contributed by atoms with Crippen LogP contribution in [0.2, 0.25) is 0 Å². The third kappa shape index (κ3) is 2.52. The van der Waals surface area contributed by atoms with Crippen molar-refractivity contribution >= 4 is 43.7 Å². The molecule has 0 aliphatic heterocycles. The van der Waals surface area contributed by atoms with E-state index in [1.165, 1.54) is 29.2 Å². The van der Waals surface area contributed by atoms with Crippen LogP contribution >= 0.6 is 11.3 Å². The monoisotopic (exact) mass is 345 g/mol. The Morgan fingerprint density at radius 1 is 1.38 bits per heavy atom. The maximum absolute atomic E-state index is 12.7. The van der Waals surface area contributed by atoms with Crippen molar-refractivity contribution in [1.29, 1.82) is 0 Å². The molecule has 0 saturated heterocycles. The molecule has 124 valence electrons. The van der Waals surface area contributed by atoms with Gasteiger partial charge in [0.15, 0.2) is 0 Å². The number of urea groups is 1. The van der Waals surface area contributed by atoms with Crippen LogP contribution in [0, 0.1) is 13.8 Å². The molecule has 0 aromatic carbocycles. The molecule has 8 nitrogen and oxygen atoms in total. The number of nitrogens with two attached hydrogens (primary N) is 1. The molecule has 0 aliphatic carbocycles. The van der Waals surface area contributed by atoms with E-state index < -0.39 is 18.0 Å². The van der Waals surface area contributed by atoms with Gasteiger partial charge < -0.3 is 5.73 Å². The van der Waals surface area contributed by atoms with Gasteiger partial charge in [0.1, 0.15) is 15.6 Å². The van der Waals surface area contributed by atoms with Gasteiger partial charge in [0.05, 0.1) is 11.8 Å². The van der Waals surface area contributed by atoms with Crippen molar-refractivity contribution in [3.63, 3.8) is 0 Å². The summed E-state index contributed by atoms with van der Waals surface area (Å²) < 4.78 is 1.60. The van der Waals surface area contributed by atoms with Crippen LogP contribution < -0.4 is 16.6 Å². The van der Waals surface area contributed by atoms with Gasteiger partial charge in [-0.1, -0.05) is 0 Å². The Morgan fingerprint density at radius 3 is 2.75 bits per heavy atom. The quantitative estimate of drug-likeness (QED) is 0.727. The maximum Gasteiger partial charge on any atom is 0.318 e. The smallest absolute Gasteiger partial charge is 0.318 e. The van der Waals surface area contributed by atoms with Gasteiger partial charge in [0.25, 0.3) is 11.5 Å². The number of pyridine rings is 1. The summed E-state index contributed by atoms with van der Waals surface area (Å²) in [6.07, 6.45) is 1.31. The largest absolute Gasteiger partial charge is 0.351 e. The zero-order valence-corrected chi connectivity index (χ0v) is 14.1. The van der Waals surface area contributed by atoms with Gasteiger partial charge in [0, 0.05) is 11.1 Å². The first-order chi connectivity index (χ1) is 11.3. The fourth-order valence-corrected chi connectivity index (χ4v) is 3.80. The SMILES string of the molecule is Cc1cc(C)c2c(n1)sc1c(=O)n([C@H](C)C(=O)NC(N)=O)cnc12. The Morgan fingerprint density at radius 2 is 2.08 bits per heavy atom. The van der Waals surface area contributed by atoms with Gasteiger partial charge in [-0.2, -0.15) is 0 Å². The lowest BCUT2D eigenvalue weighted by Crippen LogP contribution is -2.41. The fourth-order valence-electron chi connectivity index (χ4n) is 2.61. The summed E-state index contributed by atoms with van der Waals surface area (Å²) in [6.45, 7) is 5.33. The number of amides is 3. The second kappa shape index (κ2) is 5.68. The molecule has 3 aromatic rings. The van der Waals surface area contributed by atoms with E-state index >= 15 is 0 Å². The Kier molecular flexibility index (Phi) is 3.80. The molecule has 3 amide bonds. The lowest BCUT2D eigenvalue weighted by atomic mass is 10.1. The molecule has 3 N–H and O–H groups in total. The van der Waals surface area contributed by atoms with Crippen LogP contribution in [0.1, 0.15) is 24.2 Å². The van der Waals surface area contributed by atoms with Crippen LogP contribution in [0.3, 0.4) is 0 Å². The van der Waals surface area contributed by atoms with E-state index in [9.17, 15) is 14.4 Å². The van der Waals surface area contributed by atoms with Crippen molar-refractivity contribution in [3.05, 3.63) is 34.0 Å². The number of carbonyl (C=O) groups is 2. The van der Waals surface area contributed by atoms with Crippen LogP contribution in [-0.2, 0) is 4.79 Å². The molecule has 0 saturated carbocycles. The zero-order chi connectivity index (χ0) is 17.6. The average Bonchev–Trinajstić information content (AvgIpc) is 2.85.